The van der Waals surface area contributed by atoms with Crippen molar-refractivity contribution < 1.29 is 23.0 Å². The first kappa shape index (κ1) is 19.5. The second-order valence-corrected chi connectivity index (χ2v) is 6.20. The largest absolute Gasteiger partial charge is 0.493 e. The second kappa shape index (κ2) is 8.65. The Morgan fingerprint density at radius 1 is 1.14 bits per heavy atom. The minimum atomic E-state index is -2.92. The van der Waals surface area contributed by atoms with Gasteiger partial charge in [-0.15, -0.1) is 0 Å². The summed E-state index contributed by atoms with van der Waals surface area (Å²) in [5, 5.41) is 3.68. The number of aryl methyl sites for hydroxylation is 1. The highest BCUT2D eigenvalue weighted by Crippen LogP contribution is 2.29. The third kappa shape index (κ3) is 4.54. The van der Waals surface area contributed by atoms with Crippen LogP contribution in [-0.4, -0.2) is 31.2 Å². The molecule has 3 rings (SSSR count). The topological polar surface area (TPSA) is 60.5 Å². The maximum absolute atomic E-state index is 12.6. The molecule has 0 saturated heterocycles. The number of nitrogens with one attached hydrogen (secondary N) is 1. The van der Waals surface area contributed by atoms with Crippen LogP contribution in [0.1, 0.15) is 21.6 Å². The van der Waals surface area contributed by atoms with Crippen molar-refractivity contribution in [2.45, 2.75) is 20.0 Å². The summed E-state index contributed by atoms with van der Waals surface area (Å²) < 4.78 is 34.3. The smallest absolute Gasteiger partial charge is 0.387 e. The number of carbonyl (C=O) groups excluding carboxylic acids is 1. The first-order valence-corrected chi connectivity index (χ1v) is 8.74. The molecule has 0 atom stereocenters. The van der Waals surface area contributed by atoms with E-state index in [2.05, 4.69) is 15.0 Å². The summed E-state index contributed by atoms with van der Waals surface area (Å²) in [6.45, 7) is -0.691. The molecule has 1 amide bonds. The SMILES string of the molecule is COc1cc(CCNC(=O)c2cc(C)nc3ccccc23)ccc1OC(F)F. The van der Waals surface area contributed by atoms with Crippen LogP contribution in [0.15, 0.2) is 48.5 Å². The number of alkyl halides is 2. The van der Waals surface area contributed by atoms with Crippen molar-refractivity contribution in [3.63, 3.8) is 0 Å². The number of pyridine rings is 1. The van der Waals surface area contributed by atoms with Gasteiger partial charge in [-0.05, 0) is 43.2 Å². The van der Waals surface area contributed by atoms with E-state index in [1.165, 1.54) is 13.2 Å². The number of amides is 1. The van der Waals surface area contributed by atoms with Crippen molar-refractivity contribution in [2.24, 2.45) is 0 Å². The van der Waals surface area contributed by atoms with Crippen molar-refractivity contribution in [3.05, 3.63) is 65.4 Å². The van der Waals surface area contributed by atoms with Crippen LogP contribution in [-0.2, 0) is 6.42 Å². The van der Waals surface area contributed by atoms with E-state index in [9.17, 15) is 13.6 Å². The van der Waals surface area contributed by atoms with Crippen molar-refractivity contribution >= 4 is 16.8 Å². The van der Waals surface area contributed by atoms with Gasteiger partial charge in [0, 0.05) is 17.6 Å². The lowest BCUT2D eigenvalue weighted by Gasteiger charge is -2.12. The van der Waals surface area contributed by atoms with E-state index in [-0.39, 0.29) is 17.4 Å². The number of hydrogen-bond acceptors (Lipinski definition) is 4. The number of halogens is 2. The molecule has 0 aliphatic carbocycles. The number of methoxy groups -OCH3 is 1. The Bertz CT molecular complexity index is 993. The van der Waals surface area contributed by atoms with Gasteiger partial charge in [-0.3, -0.25) is 9.78 Å². The fourth-order valence-corrected chi connectivity index (χ4v) is 2.97. The molecule has 1 heterocycles. The van der Waals surface area contributed by atoms with E-state index in [1.54, 1.807) is 18.2 Å². The van der Waals surface area contributed by atoms with Crippen molar-refractivity contribution in [1.82, 2.24) is 10.3 Å². The Kier molecular flexibility index (Phi) is 6.03. The number of rotatable bonds is 7. The monoisotopic (exact) mass is 386 g/mol. The van der Waals surface area contributed by atoms with Crippen molar-refractivity contribution in [2.75, 3.05) is 13.7 Å². The third-order valence-corrected chi connectivity index (χ3v) is 4.23. The number of fused-ring (bicyclic) bond motifs is 1. The van der Waals surface area contributed by atoms with Crippen LogP contribution >= 0.6 is 0 Å². The zero-order valence-corrected chi connectivity index (χ0v) is 15.5. The van der Waals surface area contributed by atoms with Crippen LogP contribution in [0.25, 0.3) is 10.9 Å². The van der Waals surface area contributed by atoms with Gasteiger partial charge in [0.25, 0.3) is 5.91 Å². The molecule has 0 aliphatic rings. The number of para-hydroxylation sites is 1. The molecule has 28 heavy (non-hydrogen) atoms. The molecule has 0 saturated carbocycles. The van der Waals surface area contributed by atoms with Crippen LogP contribution in [0, 0.1) is 6.92 Å². The van der Waals surface area contributed by atoms with Gasteiger partial charge < -0.3 is 14.8 Å². The summed E-state index contributed by atoms with van der Waals surface area (Å²) >= 11 is 0. The second-order valence-electron chi connectivity index (χ2n) is 6.20. The number of aromatic nitrogens is 1. The molecule has 5 nitrogen and oxygen atoms in total. The number of carbonyl (C=O) groups is 1. The third-order valence-electron chi connectivity index (χ3n) is 4.23. The van der Waals surface area contributed by atoms with E-state index in [0.29, 0.717) is 18.5 Å². The lowest BCUT2D eigenvalue weighted by Crippen LogP contribution is -2.26. The van der Waals surface area contributed by atoms with Gasteiger partial charge in [-0.2, -0.15) is 8.78 Å². The molecule has 7 heteroatoms. The highest BCUT2D eigenvalue weighted by atomic mass is 19.3. The minimum absolute atomic E-state index is 0.0241. The van der Waals surface area contributed by atoms with Gasteiger partial charge in [-0.25, -0.2) is 0 Å². The van der Waals surface area contributed by atoms with Gasteiger partial charge in [0.2, 0.25) is 0 Å². The molecule has 0 spiro atoms. The molecule has 0 bridgehead atoms. The Morgan fingerprint density at radius 2 is 1.93 bits per heavy atom. The van der Waals surface area contributed by atoms with Gasteiger partial charge >= 0.3 is 6.61 Å². The average molecular weight is 386 g/mol. The van der Waals surface area contributed by atoms with Gasteiger partial charge in [0.1, 0.15) is 0 Å². The van der Waals surface area contributed by atoms with Crippen LogP contribution < -0.4 is 14.8 Å². The van der Waals surface area contributed by atoms with E-state index < -0.39 is 6.61 Å². The fourth-order valence-electron chi connectivity index (χ4n) is 2.97. The van der Waals surface area contributed by atoms with Gasteiger partial charge in [-0.1, -0.05) is 24.3 Å². The zero-order valence-electron chi connectivity index (χ0n) is 15.5. The molecule has 3 aromatic rings. The van der Waals surface area contributed by atoms with Gasteiger partial charge in [0.15, 0.2) is 11.5 Å². The molecule has 2 aromatic carbocycles. The molecule has 0 radical (unpaired) electrons. The van der Waals surface area contributed by atoms with E-state index >= 15 is 0 Å². The highest BCUT2D eigenvalue weighted by Gasteiger charge is 2.13. The molecule has 0 aliphatic heterocycles. The number of nitrogens with zero attached hydrogens (tertiary/aromatic N) is 1. The molecular formula is C21H20F2N2O3. The minimum Gasteiger partial charge on any atom is -0.493 e. The lowest BCUT2D eigenvalue weighted by atomic mass is 10.1. The summed E-state index contributed by atoms with van der Waals surface area (Å²) in [4.78, 5) is 17.1. The standard InChI is InChI=1S/C21H20F2N2O3/c1-13-11-16(15-5-3-4-6-17(15)25-13)20(26)24-10-9-14-7-8-18(28-21(22)23)19(12-14)27-2/h3-8,11-12,21H,9-10H2,1-2H3,(H,24,26). The van der Waals surface area contributed by atoms with Gasteiger partial charge in [0.05, 0.1) is 18.2 Å². The summed E-state index contributed by atoms with van der Waals surface area (Å²) in [5.41, 5.74) is 2.94. The average Bonchev–Trinajstić information content (AvgIpc) is 2.67. The molecule has 1 N–H and O–H groups in total. The predicted molar refractivity (Wildman–Crippen MR) is 102 cm³/mol. The predicted octanol–water partition coefficient (Wildman–Crippen LogP) is 4.13. The van der Waals surface area contributed by atoms with Crippen molar-refractivity contribution in [1.29, 1.82) is 0 Å². The van der Waals surface area contributed by atoms with Crippen molar-refractivity contribution in [3.8, 4) is 11.5 Å². The van der Waals surface area contributed by atoms with E-state index in [0.717, 1.165) is 22.2 Å². The quantitative estimate of drug-likeness (QED) is 0.663. The van der Waals surface area contributed by atoms with Crippen LogP contribution in [0.5, 0.6) is 11.5 Å². The summed E-state index contributed by atoms with van der Waals surface area (Å²) in [6, 6.07) is 14.0. The first-order chi connectivity index (χ1) is 13.5. The normalized spacial score (nSPS) is 10.9. The molecule has 0 unspecified atom stereocenters. The molecular weight excluding hydrogens is 366 g/mol. The van der Waals surface area contributed by atoms with Crippen LogP contribution in [0.3, 0.4) is 0 Å². The maximum Gasteiger partial charge on any atom is 0.387 e. The fraction of sp³-hybridized carbons (Fsp3) is 0.238. The Morgan fingerprint density at radius 3 is 2.68 bits per heavy atom. The zero-order chi connectivity index (χ0) is 20.1. The maximum atomic E-state index is 12.6. The summed E-state index contributed by atoms with van der Waals surface area (Å²) in [5.74, 6) is 0.00946. The van der Waals surface area contributed by atoms with E-state index in [4.69, 9.17) is 4.74 Å². The number of benzene rings is 2. The summed E-state index contributed by atoms with van der Waals surface area (Å²) in [7, 11) is 1.39. The Hall–Kier alpha value is -3.22. The van der Waals surface area contributed by atoms with Crippen LogP contribution in [0.4, 0.5) is 8.78 Å². The highest BCUT2D eigenvalue weighted by molar-refractivity contribution is 6.06. The lowest BCUT2D eigenvalue weighted by molar-refractivity contribution is -0.0512. The number of hydrogen-bond donors (Lipinski definition) is 1. The Balaban J connectivity index is 1.68. The first-order valence-electron chi connectivity index (χ1n) is 8.74. The molecule has 1 aromatic heterocycles. The van der Waals surface area contributed by atoms with E-state index in [1.807, 2.05) is 31.2 Å². The Labute approximate surface area is 161 Å². The number of ether oxygens (including phenoxy) is 2. The summed E-state index contributed by atoms with van der Waals surface area (Å²) in [6.07, 6.45) is 0.513. The molecule has 146 valence electrons. The molecule has 0 fully saturated rings. The van der Waals surface area contributed by atoms with Crippen LogP contribution in [0.2, 0.25) is 0 Å².